The summed E-state index contributed by atoms with van der Waals surface area (Å²) in [6.07, 6.45) is 3.62. The number of hydrogen-bond acceptors (Lipinski definition) is 4. The lowest BCUT2D eigenvalue weighted by Crippen LogP contribution is -2.51. The first-order chi connectivity index (χ1) is 14.7. The van der Waals surface area contributed by atoms with Crippen molar-refractivity contribution < 1.29 is 13.2 Å². The van der Waals surface area contributed by atoms with Crippen molar-refractivity contribution in [3.05, 3.63) is 34.9 Å². The van der Waals surface area contributed by atoms with Crippen LogP contribution in [0.2, 0.25) is 0 Å². The Kier molecular flexibility index (Phi) is 6.48. The van der Waals surface area contributed by atoms with E-state index in [2.05, 4.69) is 21.4 Å². The molecule has 3 atom stereocenters. The monoisotopic (exact) mass is 447 g/mol. The zero-order valence-corrected chi connectivity index (χ0v) is 20.1. The van der Waals surface area contributed by atoms with Crippen LogP contribution in [0.15, 0.2) is 18.2 Å². The topological polar surface area (TPSA) is 69.7 Å². The second-order valence-electron chi connectivity index (χ2n) is 10.0. The van der Waals surface area contributed by atoms with Crippen molar-refractivity contribution in [2.24, 2.45) is 17.8 Å². The first-order valence-electron chi connectivity index (χ1n) is 11.8. The second-order valence-corrected chi connectivity index (χ2v) is 11.9. The van der Waals surface area contributed by atoms with Crippen LogP contribution >= 0.6 is 0 Å². The first-order valence-corrected chi connectivity index (χ1v) is 13.3. The van der Waals surface area contributed by atoms with Crippen molar-refractivity contribution >= 4 is 15.9 Å². The minimum Gasteiger partial charge on any atom is -0.342 e. The Morgan fingerprint density at radius 3 is 2.23 bits per heavy atom. The Morgan fingerprint density at radius 1 is 0.968 bits per heavy atom. The fourth-order valence-electron chi connectivity index (χ4n) is 5.54. The summed E-state index contributed by atoms with van der Waals surface area (Å²) in [4.78, 5) is 17.2. The van der Waals surface area contributed by atoms with Gasteiger partial charge in [0.1, 0.15) is 5.25 Å². The average Bonchev–Trinajstić information content (AvgIpc) is 2.99. The van der Waals surface area contributed by atoms with Crippen LogP contribution in [0, 0.1) is 31.6 Å². The number of sulfonamides is 1. The van der Waals surface area contributed by atoms with E-state index in [-0.39, 0.29) is 18.0 Å². The van der Waals surface area contributed by atoms with Gasteiger partial charge in [0.2, 0.25) is 15.9 Å². The SMILES string of the molecule is Cc1ccc(C2C(C)C(N3CCC(C(=O)N4CCC(C)CC4)CC3)NS2(=O)=O)cc1C. The molecule has 3 saturated heterocycles. The number of nitrogens with zero attached hydrogens (tertiary/aromatic N) is 2. The van der Waals surface area contributed by atoms with Crippen LogP contribution in [0.1, 0.15) is 61.5 Å². The van der Waals surface area contributed by atoms with Gasteiger partial charge in [0.25, 0.3) is 0 Å². The summed E-state index contributed by atoms with van der Waals surface area (Å²) in [5.74, 6) is 1.05. The van der Waals surface area contributed by atoms with Crippen LogP contribution in [-0.2, 0) is 14.8 Å². The molecule has 7 heteroatoms. The third-order valence-corrected chi connectivity index (χ3v) is 9.76. The molecule has 0 radical (unpaired) electrons. The van der Waals surface area contributed by atoms with Gasteiger partial charge in [0.15, 0.2) is 0 Å². The molecule has 1 aromatic rings. The van der Waals surface area contributed by atoms with E-state index >= 15 is 0 Å². The molecule has 1 N–H and O–H groups in total. The summed E-state index contributed by atoms with van der Waals surface area (Å²) in [5.41, 5.74) is 3.16. The number of rotatable bonds is 3. The second kappa shape index (κ2) is 8.83. The largest absolute Gasteiger partial charge is 0.342 e. The third kappa shape index (κ3) is 4.55. The number of benzene rings is 1. The Morgan fingerprint density at radius 2 is 1.61 bits per heavy atom. The quantitative estimate of drug-likeness (QED) is 0.773. The molecule has 0 spiro atoms. The van der Waals surface area contributed by atoms with Gasteiger partial charge in [0, 0.05) is 38.0 Å². The van der Waals surface area contributed by atoms with Crippen LogP contribution < -0.4 is 4.72 Å². The molecule has 3 fully saturated rings. The van der Waals surface area contributed by atoms with Gasteiger partial charge in [-0.25, -0.2) is 8.42 Å². The van der Waals surface area contributed by atoms with E-state index in [1.54, 1.807) is 0 Å². The van der Waals surface area contributed by atoms with Crippen molar-refractivity contribution in [2.45, 2.75) is 64.8 Å². The molecule has 0 saturated carbocycles. The van der Waals surface area contributed by atoms with Gasteiger partial charge in [-0.2, -0.15) is 4.72 Å². The molecule has 3 unspecified atom stereocenters. The fourth-order valence-corrected chi connectivity index (χ4v) is 7.61. The number of carbonyl (C=O) groups excluding carboxylic acids is 1. The highest BCUT2D eigenvalue weighted by molar-refractivity contribution is 7.90. The average molecular weight is 448 g/mol. The van der Waals surface area contributed by atoms with E-state index in [9.17, 15) is 13.2 Å². The van der Waals surface area contributed by atoms with E-state index in [4.69, 9.17) is 0 Å². The summed E-state index contributed by atoms with van der Waals surface area (Å²) in [7, 11) is -3.44. The van der Waals surface area contributed by atoms with E-state index in [0.29, 0.717) is 11.8 Å². The van der Waals surface area contributed by atoms with Crippen molar-refractivity contribution in [3.63, 3.8) is 0 Å². The maximum absolute atomic E-state index is 13.0. The van der Waals surface area contributed by atoms with Gasteiger partial charge in [0.05, 0.1) is 6.17 Å². The lowest BCUT2D eigenvalue weighted by atomic mass is 9.90. The standard InChI is InChI=1S/C24H37N3O3S/c1-16-7-11-27(12-8-16)24(28)20-9-13-26(14-10-20)23-19(4)22(31(29,30)25-23)21-6-5-17(2)18(3)15-21/h5-6,15-16,19-20,22-23,25H,7-14H2,1-4H3. The van der Waals surface area contributed by atoms with E-state index in [1.807, 2.05) is 39.0 Å². The number of hydrogen-bond donors (Lipinski definition) is 1. The van der Waals surface area contributed by atoms with E-state index in [1.165, 1.54) is 5.56 Å². The maximum atomic E-state index is 13.0. The smallest absolute Gasteiger partial charge is 0.225 e. The number of nitrogens with one attached hydrogen (secondary N) is 1. The molecule has 3 aliphatic rings. The first kappa shape index (κ1) is 22.7. The molecule has 3 aliphatic heterocycles. The van der Waals surface area contributed by atoms with E-state index in [0.717, 1.165) is 63.0 Å². The van der Waals surface area contributed by atoms with Crippen LogP contribution in [0.25, 0.3) is 0 Å². The number of amides is 1. The maximum Gasteiger partial charge on any atom is 0.225 e. The molecule has 0 bridgehead atoms. The van der Waals surface area contributed by atoms with Crippen LogP contribution in [0.5, 0.6) is 0 Å². The van der Waals surface area contributed by atoms with Crippen LogP contribution in [0.4, 0.5) is 0 Å². The van der Waals surface area contributed by atoms with Gasteiger partial charge in [-0.3, -0.25) is 9.69 Å². The Bertz CT molecular complexity index is 916. The van der Waals surface area contributed by atoms with Gasteiger partial charge in [-0.05, 0) is 62.1 Å². The Balaban J connectivity index is 1.41. The van der Waals surface area contributed by atoms with Crippen molar-refractivity contribution in [1.29, 1.82) is 0 Å². The number of likely N-dealkylation sites (tertiary alicyclic amines) is 2. The lowest BCUT2D eigenvalue weighted by Gasteiger charge is -2.39. The number of aryl methyl sites for hydroxylation is 2. The van der Waals surface area contributed by atoms with Crippen LogP contribution in [-0.4, -0.2) is 56.5 Å². The van der Waals surface area contributed by atoms with Gasteiger partial charge < -0.3 is 4.90 Å². The molecule has 0 aliphatic carbocycles. The molecule has 3 heterocycles. The lowest BCUT2D eigenvalue weighted by molar-refractivity contribution is -0.138. The molecule has 172 valence electrons. The fraction of sp³-hybridized carbons (Fsp3) is 0.708. The molecule has 31 heavy (non-hydrogen) atoms. The highest BCUT2D eigenvalue weighted by Crippen LogP contribution is 2.40. The Labute approximate surface area is 187 Å². The molecular weight excluding hydrogens is 410 g/mol. The van der Waals surface area contributed by atoms with Gasteiger partial charge in [-0.1, -0.05) is 32.0 Å². The molecule has 1 aromatic carbocycles. The predicted molar refractivity (Wildman–Crippen MR) is 123 cm³/mol. The predicted octanol–water partition coefficient (Wildman–Crippen LogP) is 3.21. The van der Waals surface area contributed by atoms with Crippen LogP contribution in [0.3, 0.4) is 0 Å². The zero-order chi connectivity index (χ0) is 22.3. The molecule has 1 amide bonds. The van der Waals surface area contributed by atoms with Crippen molar-refractivity contribution in [3.8, 4) is 0 Å². The zero-order valence-electron chi connectivity index (χ0n) is 19.3. The normalized spacial score (nSPS) is 30.6. The summed E-state index contributed by atoms with van der Waals surface area (Å²) in [6, 6.07) is 5.98. The Hall–Kier alpha value is -1.44. The third-order valence-electron chi connectivity index (χ3n) is 7.82. The minimum absolute atomic E-state index is 0.0528. The van der Waals surface area contributed by atoms with E-state index < -0.39 is 15.3 Å². The molecule has 6 nitrogen and oxygen atoms in total. The van der Waals surface area contributed by atoms with Crippen molar-refractivity contribution in [1.82, 2.24) is 14.5 Å². The summed E-state index contributed by atoms with van der Waals surface area (Å²) in [6.45, 7) is 11.7. The minimum atomic E-state index is -3.44. The number of carbonyl (C=O) groups is 1. The number of piperidine rings is 2. The highest BCUT2D eigenvalue weighted by Gasteiger charge is 2.48. The van der Waals surface area contributed by atoms with Gasteiger partial charge in [-0.15, -0.1) is 0 Å². The molecule has 4 rings (SSSR count). The molecule has 0 aromatic heterocycles. The highest BCUT2D eigenvalue weighted by atomic mass is 32.2. The molecular formula is C24H37N3O3S. The summed E-state index contributed by atoms with van der Waals surface area (Å²) in [5, 5.41) is -0.536. The summed E-state index contributed by atoms with van der Waals surface area (Å²) >= 11 is 0. The van der Waals surface area contributed by atoms with Gasteiger partial charge >= 0.3 is 0 Å². The summed E-state index contributed by atoms with van der Waals surface area (Å²) < 4.78 is 29.0. The van der Waals surface area contributed by atoms with Crippen molar-refractivity contribution in [2.75, 3.05) is 26.2 Å².